The second kappa shape index (κ2) is 6.41. The van der Waals surface area contributed by atoms with Crippen molar-refractivity contribution < 1.29 is 24.2 Å². The monoisotopic (exact) mass is 286 g/mol. The normalized spacial score (nSPS) is 28.9. The highest BCUT2D eigenvalue weighted by atomic mass is 16.5. The SMILES string of the molecule is COC1CCC(NC(=O)NC2(C(=O)O)CCOCC2)C1. The highest BCUT2D eigenvalue weighted by Crippen LogP contribution is 2.23. The average Bonchev–Trinajstić information content (AvgIpc) is 2.87. The second-order valence-electron chi connectivity index (χ2n) is 5.47. The van der Waals surface area contributed by atoms with Gasteiger partial charge in [-0.25, -0.2) is 9.59 Å². The summed E-state index contributed by atoms with van der Waals surface area (Å²) < 4.78 is 10.4. The Bertz CT molecular complexity index is 368. The number of methoxy groups -OCH3 is 1. The maximum Gasteiger partial charge on any atom is 0.329 e. The molecular formula is C13H22N2O5. The van der Waals surface area contributed by atoms with Crippen molar-refractivity contribution in [3.05, 3.63) is 0 Å². The summed E-state index contributed by atoms with van der Waals surface area (Å²) in [6.45, 7) is 0.698. The smallest absolute Gasteiger partial charge is 0.329 e. The highest BCUT2D eigenvalue weighted by Gasteiger charge is 2.42. The zero-order valence-electron chi connectivity index (χ0n) is 11.7. The molecule has 0 aromatic heterocycles. The number of rotatable bonds is 4. The van der Waals surface area contributed by atoms with E-state index in [-0.39, 0.29) is 12.1 Å². The van der Waals surface area contributed by atoms with Crippen LogP contribution in [0, 0.1) is 0 Å². The van der Waals surface area contributed by atoms with Crippen molar-refractivity contribution in [3.8, 4) is 0 Å². The van der Waals surface area contributed by atoms with Crippen molar-refractivity contribution in [3.63, 3.8) is 0 Å². The number of aliphatic carboxylic acids is 1. The highest BCUT2D eigenvalue weighted by molar-refractivity contribution is 5.86. The molecular weight excluding hydrogens is 264 g/mol. The molecule has 2 amide bonds. The summed E-state index contributed by atoms with van der Waals surface area (Å²) in [6, 6.07) is -0.373. The molecule has 1 saturated carbocycles. The molecule has 0 aromatic carbocycles. The van der Waals surface area contributed by atoms with Crippen molar-refractivity contribution in [2.24, 2.45) is 0 Å². The van der Waals surface area contributed by atoms with Crippen LogP contribution in [-0.4, -0.2) is 55.1 Å². The van der Waals surface area contributed by atoms with E-state index in [2.05, 4.69) is 10.6 Å². The third-order valence-electron chi connectivity index (χ3n) is 4.16. The van der Waals surface area contributed by atoms with Crippen LogP contribution in [0.5, 0.6) is 0 Å². The number of urea groups is 1. The minimum Gasteiger partial charge on any atom is -0.480 e. The molecule has 20 heavy (non-hydrogen) atoms. The number of hydrogen-bond acceptors (Lipinski definition) is 4. The fraction of sp³-hybridized carbons (Fsp3) is 0.846. The first-order valence-corrected chi connectivity index (χ1v) is 6.98. The molecule has 0 aromatic rings. The molecule has 1 aliphatic heterocycles. The molecule has 2 aliphatic rings. The molecule has 3 N–H and O–H groups in total. The number of ether oxygens (including phenoxy) is 2. The zero-order valence-corrected chi connectivity index (χ0v) is 11.7. The fourth-order valence-electron chi connectivity index (χ4n) is 2.84. The van der Waals surface area contributed by atoms with E-state index in [1.165, 1.54) is 0 Å². The van der Waals surface area contributed by atoms with Crippen molar-refractivity contribution in [1.29, 1.82) is 0 Å². The van der Waals surface area contributed by atoms with E-state index in [0.717, 1.165) is 19.3 Å². The molecule has 7 heteroatoms. The molecule has 2 rings (SSSR count). The average molecular weight is 286 g/mol. The van der Waals surface area contributed by atoms with Gasteiger partial charge in [-0.1, -0.05) is 0 Å². The molecule has 0 spiro atoms. The van der Waals surface area contributed by atoms with Gasteiger partial charge < -0.3 is 25.2 Å². The van der Waals surface area contributed by atoms with Crippen LogP contribution >= 0.6 is 0 Å². The summed E-state index contributed by atoms with van der Waals surface area (Å²) >= 11 is 0. The van der Waals surface area contributed by atoms with Crippen molar-refractivity contribution in [2.45, 2.75) is 49.8 Å². The van der Waals surface area contributed by atoms with Gasteiger partial charge in [0.1, 0.15) is 5.54 Å². The lowest BCUT2D eigenvalue weighted by molar-refractivity contribution is -0.148. The van der Waals surface area contributed by atoms with Gasteiger partial charge in [-0.15, -0.1) is 0 Å². The van der Waals surface area contributed by atoms with Crippen molar-refractivity contribution in [2.75, 3.05) is 20.3 Å². The van der Waals surface area contributed by atoms with Crippen molar-refractivity contribution in [1.82, 2.24) is 10.6 Å². The van der Waals surface area contributed by atoms with E-state index in [0.29, 0.717) is 26.1 Å². The number of amides is 2. The minimum absolute atomic E-state index is 0.0469. The van der Waals surface area contributed by atoms with Gasteiger partial charge in [0, 0.05) is 39.2 Å². The third-order valence-corrected chi connectivity index (χ3v) is 4.16. The van der Waals surface area contributed by atoms with Gasteiger partial charge >= 0.3 is 12.0 Å². The number of carbonyl (C=O) groups excluding carboxylic acids is 1. The Hall–Kier alpha value is -1.34. The van der Waals surface area contributed by atoms with Gasteiger partial charge in [0.25, 0.3) is 0 Å². The summed E-state index contributed by atoms with van der Waals surface area (Å²) in [6.07, 6.45) is 3.31. The fourth-order valence-corrected chi connectivity index (χ4v) is 2.84. The maximum atomic E-state index is 12.0. The van der Waals surface area contributed by atoms with Crippen molar-refractivity contribution >= 4 is 12.0 Å². The molecule has 2 atom stereocenters. The molecule has 0 radical (unpaired) electrons. The summed E-state index contributed by atoms with van der Waals surface area (Å²) in [5.74, 6) is -1.00. The first-order chi connectivity index (χ1) is 9.55. The van der Waals surface area contributed by atoms with E-state index < -0.39 is 17.5 Å². The molecule has 7 nitrogen and oxygen atoms in total. The lowest BCUT2D eigenvalue weighted by Crippen LogP contribution is -2.60. The topological polar surface area (TPSA) is 96.9 Å². The van der Waals surface area contributed by atoms with E-state index in [1.807, 2.05) is 0 Å². The summed E-state index contributed by atoms with van der Waals surface area (Å²) in [5.41, 5.74) is -1.21. The largest absolute Gasteiger partial charge is 0.480 e. The number of carboxylic acids is 1. The Kier molecular flexibility index (Phi) is 4.82. The van der Waals surface area contributed by atoms with E-state index in [9.17, 15) is 14.7 Å². The number of carbonyl (C=O) groups is 2. The number of hydrogen-bond donors (Lipinski definition) is 3. The van der Waals surface area contributed by atoms with Crippen LogP contribution in [0.25, 0.3) is 0 Å². The quantitative estimate of drug-likeness (QED) is 0.698. The molecule has 2 fully saturated rings. The molecule has 1 heterocycles. The molecule has 0 bridgehead atoms. The summed E-state index contributed by atoms with van der Waals surface area (Å²) in [4.78, 5) is 23.4. The van der Waals surface area contributed by atoms with Gasteiger partial charge in [0.05, 0.1) is 6.10 Å². The number of carboxylic acid groups (broad SMARTS) is 1. The van der Waals surface area contributed by atoms with Crippen LogP contribution in [0.4, 0.5) is 4.79 Å². The van der Waals surface area contributed by atoms with Gasteiger partial charge in [0.15, 0.2) is 0 Å². The first kappa shape index (κ1) is 15.1. The van der Waals surface area contributed by atoms with Crippen LogP contribution in [0.1, 0.15) is 32.1 Å². The Labute approximate surface area is 118 Å². The van der Waals surface area contributed by atoms with Crippen LogP contribution in [0.2, 0.25) is 0 Å². The lowest BCUT2D eigenvalue weighted by atomic mass is 9.90. The molecule has 114 valence electrons. The Morgan fingerprint density at radius 3 is 2.55 bits per heavy atom. The van der Waals surface area contributed by atoms with Gasteiger partial charge in [0.2, 0.25) is 0 Å². The third kappa shape index (κ3) is 3.40. The predicted molar refractivity (Wildman–Crippen MR) is 70.5 cm³/mol. The molecule has 2 unspecified atom stereocenters. The standard InChI is InChI=1S/C13H22N2O5/c1-19-10-3-2-9(8-10)14-12(18)15-13(11(16)17)4-6-20-7-5-13/h9-10H,2-8H2,1H3,(H,16,17)(H2,14,15,18). The Morgan fingerprint density at radius 1 is 1.30 bits per heavy atom. The predicted octanol–water partition coefficient (Wildman–Crippen LogP) is 0.487. The Balaban J connectivity index is 1.87. The van der Waals surface area contributed by atoms with E-state index >= 15 is 0 Å². The van der Waals surface area contributed by atoms with Crippen LogP contribution in [-0.2, 0) is 14.3 Å². The van der Waals surface area contributed by atoms with Crippen LogP contribution in [0.3, 0.4) is 0 Å². The van der Waals surface area contributed by atoms with Gasteiger partial charge in [-0.2, -0.15) is 0 Å². The second-order valence-corrected chi connectivity index (χ2v) is 5.47. The van der Waals surface area contributed by atoms with Crippen LogP contribution < -0.4 is 10.6 Å². The van der Waals surface area contributed by atoms with Gasteiger partial charge in [-0.3, -0.25) is 0 Å². The Morgan fingerprint density at radius 2 is 2.00 bits per heavy atom. The van der Waals surface area contributed by atoms with E-state index in [1.54, 1.807) is 7.11 Å². The van der Waals surface area contributed by atoms with E-state index in [4.69, 9.17) is 9.47 Å². The zero-order chi connectivity index (χ0) is 14.6. The molecule has 1 aliphatic carbocycles. The minimum atomic E-state index is -1.21. The summed E-state index contributed by atoms with van der Waals surface area (Å²) in [5, 5.41) is 14.8. The number of nitrogens with one attached hydrogen (secondary N) is 2. The summed E-state index contributed by atoms with van der Waals surface area (Å²) in [7, 11) is 1.66. The van der Waals surface area contributed by atoms with Crippen LogP contribution in [0.15, 0.2) is 0 Å². The first-order valence-electron chi connectivity index (χ1n) is 6.98. The molecule has 1 saturated heterocycles. The lowest BCUT2D eigenvalue weighted by Gasteiger charge is -2.34. The maximum absolute atomic E-state index is 12.0. The van der Waals surface area contributed by atoms with Gasteiger partial charge in [-0.05, 0) is 19.3 Å².